The zero-order valence-corrected chi connectivity index (χ0v) is 18.0. The van der Waals surface area contributed by atoms with Gasteiger partial charge in [0.2, 0.25) is 0 Å². The predicted octanol–water partition coefficient (Wildman–Crippen LogP) is 3.91. The van der Waals surface area contributed by atoms with Crippen LogP contribution in [-0.4, -0.2) is 27.6 Å². The highest BCUT2D eigenvalue weighted by Gasteiger charge is 2.22. The summed E-state index contributed by atoms with van der Waals surface area (Å²) in [7, 11) is 1.84. The van der Waals surface area contributed by atoms with Gasteiger partial charge in [0.25, 0.3) is 5.91 Å². The van der Waals surface area contributed by atoms with Crippen LogP contribution in [0.4, 0.5) is 5.82 Å². The van der Waals surface area contributed by atoms with Crippen LogP contribution in [0.25, 0.3) is 10.9 Å². The number of anilines is 1. The highest BCUT2D eigenvalue weighted by molar-refractivity contribution is 6.05. The van der Waals surface area contributed by atoms with Gasteiger partial charge in [-0.25, -0.2) is 4.79 Å². The van der Waals surface area contributed by atoms with Crippen molar-refractivity contribution in [3.8, 4) is 6.07 Å². The Balaban J connectivity index is 1.51. The quantitative estimate of drug-likeness (QED) is 0.467. The molecule has 0 saturated carbocycles. The Morgan fingerprint density at radius 3 is 2.69 bits per heavy atom. The zero-order chi connectivity index (χ0) is 22.8. The first-order valence-electron chi connectivity index (χ1n) is 10.0. The largest absolute Gasteiger partial charge is 0.467 e. The number of fused-ring (bicyclic) bond motifs is 1. The van der Waals surface area contributed by atoms with E-state index < -0.39 is 18.5 Å². The summed E-state index contributed by atoms with van der Waals surface area (Å²) in [4.78, 5) is 25.2. The third-order valence-corrected chi connectivity index (χ3v) is 5.54. The summed E-state index contributed by atoms with van der Waals surface area (Å²) >= 11 is 0. The molecule has 1 aromatic carbocycles. The van der Waals surface area contributed by atoms with E-state index in [0.717, 1.165) is 22.2 Å². The lowest BCUT2D eigenvalue weighted by atomic mass is 10.2. The van der Waals surface area contributed by atoms with Gasteiger partial charge in [-0.05, 0) is 37.6 Å². The second-order valence-electron chi connectivity index (χ2n) is 7.51. The van der Waals surface area contributed by atoms with Crippen molar-refractivity contribution >= 4 is 28.6 Å². The number of furan rings is 1. The van der Waals surface area contributed by atoms with Gasteiger partial charge in [0.1, 0.15) is 17.6 Å². The van der Waals surface area contributed by atoms with Crippen LogP contribution in [0.1, 0.15) is 32.9 Å². The topological polar surface area (TPSA) is 102 Å². The van der Waals surface area contributed by atoms with E-state index >= 15 is 0 Å². The first-order valence-corrected chi connectivity index (χ1v) is 10.0. The fourth-order valence-corrected chi connectivity index (χ4v) is 3.77. The van der Waals surface area contributed by atoms with E-state index in [1.165, 1.54) is 0 Å². The van der Waals surface area contributed by atoms with E-state index in [4.69, 9.17) is 9.15 Å². The third kappa shape index (κ3) is 3.76. The van der Waals surface area contributed by atoms with E-state index in [9.17, 15) is 14.9 Å². The molecule has 8 nitrogen and oxygen atoms in total. The summed E-state index contributed by atoms with van der Waals surface area (Å²) in [6.45, 7) is 3.57. The number of rotatable bonds is 6. The summed E-state index contributed by atoms with van der Waals surface area (Å²) in [6.07, 6.45) is 3.25. The molecule has 0 aliphatic rings. The number of amides is 1. The molecule has 0 aliphatic carbocycles. The van der Waals surface area contributed by atoms with Gasteiger partial charge in [-0.1, -0.05) is 18.2 Å². The van der Waals surface area contributed by atoms with Crippen molar-refractivity contribution in [1.29, 1.82) is 5.26 Å². The van der Waals surface area contributed by atoms with Gasteiger partial charge in [0.15, 0.2) is 6.61 Å². The molecule has 0 fully saturated rings. The highest BCUT2D eigenvalue weighted by atomic mass is 16.5. The Labute approximate surface area is 184 Å². The fraction of sp³-hybridized carbons (Fsp3) is 0.208. The van der Waals surface area contributed by atoms with E-state index in [1.54, 1.807) is 23.1 Å². The lowest BCUT2D eigenvalue weighted by molar-refractivity contribution is -0.119. The number of hydrogen-bond donors (Lipinski definition) is 1. The lowest BCUT2D eigenvalue weighted by Crippen LogP contribution is -2.23. The van der Waals surface area contributed by atoms with Crippen molar-refractivity contribution in [2.45, 2.75) is 20.4 Å². The van der Waals surface area contributed by atoms with Gasteiger partial charge in [-0.2, -0.15) is 5.26 Å². The molecule has 32 heavy (non-hydrogen) atoms. The van der Waals surface area contributed by atoms with Crippen molar-refractivity contribution in [3.05, 3.63) is 77.0 Å². The molecular weight excluding hydrogens is 408 g/mol. The van der Waals surface area contributed by atoms with Gasteiger partial charge >= 0.3 is 5.97 Å². The van der Waals surface area contributed by atoms with Crippen LogP contribution in [0.3, 0.4) is 0 Å². The maximum Gasteiger partial charge on any atom is 0.340 e. The van der Waals surface area contributed by atoms with Gasteiger partial charge in [-0.3, -0.25) is 4.79 Å². The predicted molar refractivity (Wildman–Crippen MR) is 118 cm³/mol. The molecule has 0 bridgehead atoms. The highest BCUT2D eigenvalue weighted by Crippen LogP contribution is 2.27. The van der Waals surface area contributed by atoms with Crippen molar-refractivity contribution < 1.29 is 18.7 Å². The first kappa shape index (κ1) is 21.0. The molecule has 0 aliphatic heterocycles. The molecule has 4 aromatic rings. The number of nitrogens with zero attached hydrogens (tertiary/aromatic N) is 3. The van der Waals surface area contributed by atoms with Gasteiger partial charge < -0.3 is 23.6 Å². The summed E-state index contributed by atoms with van der Waals surface area (Å²) in [6, 6.07) is 13.2. The minimum absolute atomic E-state index is 0.352. The molecule has 0 unspecified atom stereocenters. The van der Waals surface area contributed by atoms with Crippen LogP contribution < -0.4 is 5.32 Å². The molecule has 1 amide bonds. The van der Waals surface area contributed by atoms with Crippen LogP contribution in [0, 0.1) is 25.2 Å². The second kappa shape index (κ2) is 8.47. The number of esters is 1. The van der Waals surface area contributed by atoms with E-state index in [2.05, 4.69) is 11.4 Å². The monoisotopic (exact) mass is 430 g/mol. The molecule has 0 atom stereocenters. The number of para-hydroxylation sites is 1. The third-order valence-electron chi connectivity index (χ3n) is 5.54. The summed E-state index contributed by atoms with van der Waals surface area (Å²) in [5, 5.41) is 13.1. The van der Waals surface area contributed by atoms with Crippen LogP contribution in [0.5, 0.6) is 0 Å². The number of aromatic nitrogens is 2. The van der Waals surface area contributed by atoms with Crippen LogP contribution in [-0.2, 0) is 23.1 Å². The zero-order valence-electron chi connectivity index (χ0n) is 18.0. The Kier molecular flexibility index (Phi) is 5.56. The summed E-state index contributed by atoms with van der Waals surface area (Å²) in [5.74, 6) is -0.0837. The normalized spacial score (nSPS) is 10.8. The smallest absolute Gasteiger partial charge is 0.340 e. The number of nitrogens with one attached hydrogen (secondary N) is 1. The number of carbonyl (C=O) groups excluding carboxylic acids is 2. The van der Waals surface area contributed by atoms with E-state index in [-0.39, 0.29) is 0 Å². The molecule has 3 aromatic heterocycles. The van der Waals surface area contributed by atoms with Crippen molar-refractivity contribution in [2.24, 2.45) is 7.05 Å². The van der Waals surface area contributed by atoms with Crippen LogP contribution in [0.15, 0.2) is 53.3 Å². The second-order valence-corrected chi connectivity index (χ2v) is 7.51. The minimum atomic E-state index is -0.587. The molecular formula is C24H22N4O4. The lowest BCUT2D eigenvalue weighted by Gasteiger charge is -2.12. The van der Waals surface area contributed by atoms with E-state index in [1.807, 2.05) is 55.8 Å². The summed E-state index contributed by atoms with van der Waals surface area (Å²) in [5.41, 5.74) is 3.25. The van der Waals surface area contributed by atoms with Gasteiger partial charge in [-0.15, -0.1) is 0 Å². The Hall–Kier alpha value is -4.25. The number of benzene rings is 1. The molecule has 8 heteroatoms. The Morgan fingerprint density at radius 1 is 1.19 bits per heavy atom. The van der Waals surface area contributed by atoms with Crippen LogP contribution in [0.2, 0.25) is 0 Å². The van der Waals surface area contributed by atoms with Crippen molar-refractivity contribution in [3.63, 3.8) is 0 Å². The minimum Gasteiger partial charge on any atom is -0.467 e. The number of hydrogen-bond acceptors (Lipinski definition) is 5. The fourth-order valence-electron chi connectivity index (χ4n) is 3.77. The average Bonchev–Trinajstić information content (AvgIpc) is 3.48. The van der Waals surface area contributed by atoms with E-state index in [0.29, 0.717) is 29.2 Å². The van der Waals surface area contributed by atoms with Gasteiger partial charge in [0, 0.05) is 29.8 Å². The van der Waals surface area contributed by atoms with Gasteiger partial charge in [0.05, 0.1) is 23.9 Å². The maximum absolute atomic E-state index is 12.6. The maximum atomic E-state index is 12.6. The number of carbonyl (C=O) groups is 2. The molecule has 0 saturated heterocycles. The molecule has 4 rings (SSSR count). The molecule has 0 radical (unpaired) electrons. The number of ether oxygens (including phenoxy) is 1. The first-order chi connectivity index (χ1) is 15.4. The average molecular weight is 430 g/mol. The van der Waals surface area contributed by atoms with Crippen LogP contribution >= 0.6 is 0 Å². The SMILES string of the molecule is Cc1c(C#N)c(NC(=O)COC(=O)c2cn(C)c3ccccc23)n(Cc2ccco2)c1C. The summed E-state index contributed by atoms with van der Waals surface area (Å²) < 4.78 is 14.3. The van der Waals surface area contributed by atoms with Crippen molar-refractivity contribution in [2.75, 3.05) is 11.9 Å². The standard InChI is InChI=1S/C24H22N4O4/c1-15-16(2)28(12-17-7-6-10-31-17)23(19(15)11-25)26-22(29)14-32-24(30)20-13-27(3)21-9-5-4-8-18(20)21/h4-10,13H,12,14H2,1-3H3,(H,26,29). The molecule has 162 valence electrons. The molecule has 3 heterocycles. The Morgan fingerprint density at radius 2 is 1.97 bits per heavy atom. The van der Waals surface area contributed by atoms with Crippen molar-refractivity contribution in [1.82, 2.24) is 9.13 Å². The number of nitriles is 1. The molecule has 0 spiro atoms. The number of aryl methyl sites for hydroxylation is 1. The Bertz CT molecular complexity index is 1350. The molecule has 1 N–H and O–H groups in total.